The van der Waals surface area contributed by atoms with Gasteiger partial charge in [0.2, 0.25) is 0 Å². The second-order valence-corrected chi connectivity index (χ2v) is 5.84. The summed E-state index contributed by atoms with van der Waals surface area (Å²) in [7, 11) is 0. The Bertz CT molecular complexity index is 379. The molecule has 0 N–H and O–H groups in total. The zero-order valence-electron chi connectivity index (χ0n) is 10.1. The lowest BCUT2D eigenvalue weighted by Crippen LogP contribution is -2.10. The molecule has 0 saturated carbocycles. The molecule has 0 aromatic carbocycles. The van der Waals surface area contributed by atoms with Gasteiger partial charge in [-0.05, 0) is 13.3 Å². The minimum atomic E-state index is 0.0126. The van der Waals surface area contributed by atoms with Crippen LogP contribution < -0.4 is 0 Å². The summed E-state index contributed by atoms with van der Waals surface area (Å²) in [4.78, 5) is 5.71. The Hall–Kier alpha value is -0.880. The van der Waals surface area contributed by atoms with Crippen LogP contribution in [0.4, 0.5) is 0 Å². The molecular weight excluding hydrogens is 204 g/mol. The van der Waals surface area contributed by atoms with Crippen molar-refractivity contribution >= 4 is 11.3 Å². The largest absolute Gasteiger partial charge is 0.246 e. The van der Waals surface area contributed by atoms with E-state index in [0.29, 0.717) is 0 Å². The van der Waals surface area contributed by atoms with Crippen molar-refractivity contribution in [1.82, 2.24) is 4.98 Å². The summed E-state index contributed by atoms with van der Waals surface area (Å²) >= 11 is 1.69. The van der Waals surface area contributed by atoms with Gasteiger partial charge in [-0.25, -0.2) is 4.98 Å². The molecule has 0 saturated heterocycles. The van der Waals surface area contributed by atoms with Gasteiger partial charge in [-0.15, -0.1) is 11.3 Å². The fraction of sp³-hybridized carbons (Fsp3) is 0.667. The molecule has 0 radical (unpaired) electrons. The summed E-state index contributed by atoms with van der Waals surface area (Å²) in [6.45, 7) is 10.5. The highest BCUT2D eigenvalue weighted by atomic mass is 32.1. The molecule has 1 atom stereocenters. The standard InChI is InChI=1S/C12H18N2S/c1-6-9(7-13)10-8(2)14-11(15-10)12(3,4)5/h9H,6H2,1-5H3. The van der Waals surface area contributed by atoms with Crippen LogP contribution in [0.25, 0.3) is 0 Å². The zero-order valence-corrected chi connectivity index (χ0v) is 10.9. The zero-order chi connectivity index (χ0) is 11.6. The Balaban J connectivity index is 3.13. The van der Waals surface area contributed by atoms with Crippen molar-refractivity contribution < 1.29 is 0 Å². The van der Waals surface area contributed by atoms with E-state index in [1.165, 1.54) is 0 Å². The SMILES string of the molecule is CCC(C#N)c1sc(C(C)(C)C)nc1C. The molecule has 0 fully saturated rings. The van der Waals surface area contributed by atoms with Gasteiger partial charge in [-0.3, -0.25) is 0 Å². The number of aryl methyl sites for hydroxylation is 1. The molecule has 1 aromatic rings. The van der Waals surface area contributed by atoms with Crippen molar-refractivity contribution in [2.75, 3.05) is 0 Å². The Morgan fingerprint density at radius 3 is 2.40 bits per heavy atom. The van der Waals surface area contributed by atoms with E-state index in [1.54, 1.807) is 11.3 Å². The third-order valence-corrected chi connectivity index (χ3v) is 4.05. The number of rotatable bonds is 2. The van der Waals surface area contributed by atoms with E-state index < -0.39 is 0 Å². The normalized spacial score (nSPS) is 13.6. The smallest absolute Gasteiger partial charge is 0.0984 e. The summed E-state index contributed by atoms with van der Waals surface area (Å²) in [6, 6.07) is 2.34. The van der Waals surface area contributed by atoms with Gasteiger partial charge in [0.1, 0.15) is 0 Å². The molecule has 0 aliphatic carbocycles. The lowest BCUT2D eigenvalue weighted by atomic mass is 9.98. The third-order valence-electron chi connectivity index (χ3n) is 2.35. The molecule has 3 heteroatoms. The van der Waals surface area contributed by atoms with Gasteiger partial charge in [-0.1, -0.05) is 27.7 Å². The first kappa shape index (κ1) is 12.2. The fourth-order valence-corrected chi connectivity index (χ4v) is 2.64. The molecule has 0 amide bonds. The van der Waals surface area contributed by atoms with Crippen LogP contribution in [0.1, 0.15) is 55.6 Å². The first-order valence-corrected chi connectivity index (χ1v) is 6.09. The van der Waals surface area contributed by atoms with E-state index in [4.69, 9.17) is 5.26 Å². The van der Waals surface area contributed by atoms with Crippen molar-refractivity contribution in [3.8, 4) is 6.07 Å². The number of nitrogens with zero attached hydrogens (tertiary/aromatic N) is 2. The topological polar surface area (TPSA) is 36.7 Å². The molecule has 1 heterocycles. The summed E-state index contributed by atoms with van der Waals surface area (Å²) in [5.74, 6) is 0.0126. The molecule has 15 heavy (non-hydrogen) atoms. The molecule has 0 aliphatic rings. The highest BCUT2D eigenvalue weighted by Gasteiger charge is 2.23. The van der Waals surface area contributed by atoms with E-state index >= 15 is 0 Å². The van der Waals surface area contributed by atoms with Crippen LogP contribution in [0.5, 0.6) is 0 Å². The maximum absolute atomic E-state index is 9.04. The van der Waals surface area contributed by atoms with E-state index in [0.717, 1.165) is 22.0 Å². The van der Waals surface area contributed by atoms with Gasteiger partial charge in [0.05, 0.1) is 22.7 Å². The molecular formula is C12H18N2S. The summed E-state index contributed by atoms with van der Waals surface area (Å²) in [5, 5.41) is 10.2. The molecule has 0 bridgehead atoms. The molecule has 2 nitrogen and oxygen atoms in total. The van der Waals surface area contributed by atoms with Crippen LogP contribution in [0.3, 0.4) is 0 Å². The molecule has 1 aromatic heterocycles. The Kier molecular flexibility index (Phi) is 3.51. The van der Waals surface area contributed by atoms with Crippen LogP contribution >= 0.6 is 11.3 Å². The van der Waals surface area contributed by atoms with Gasteiger partial charge in [0, 0.05) is 10.3 Å². The number of aromatic nitrogens is 1. The van der Waals surface area contributed by atoms with Gasteiger partial charge in [-0.2, -0.15) is 5.26 Å². The molecule has 0 aliphatic heterocycles. The van der Waals surface area contributed by atoms with Crippen LogP contribution in [-0.4, -0.2) is 4.98 Å². The van der Waals surface area contributed by atoms with Crippen molar-refractivity contribution in [3.63, 3.8) is 0 Å². The van der Waals surface area contributed by atoms with Crippen LogP contribution in [0, 0.1) is 18.3 Å². The average Bonchev–Trinajstić information content (AvgIpc) is 2.50. The number of thiazole rings is 1. The highest BCUT2D eigenvalue weighted by molar-refractivity contribution is 7.12. The van der Waals surface area contributed by atoms with Crippen LogP contribution in [0.2, 0.25) is 0 Å². The summed E-state index contributed by atoms with van der Waals surface area (Å²) in [6.07, 6.45) is 0.864. The Morgan fingerprint density at radius 2 is 2.07 bits per heavy atom. The maximum Gasteiger partial charge on any atom is 0.0984 e. The second-order valence-electron chi connectivity index (χ2n) is 4.81. The highest BCUT2D eigenvalue weighted by Crippen LogP contribution is 2.34. The fourth-order valence-electron chi connectivity index (χ4n) is 1.39. The molecule has 1 unspecified atom stereocenters. The Morgan fingerprint density at radius 1 is 1.47 bits per heavy atom. The van der Waals surface area contributed by atoms with Crippen molar-refractivity contribution in [2.24, 2.45) is 0 Å². The summed E-state index contributed by atoms with van der Waals surface area (Å²) < 4.78 is 0. The van der Waals surface area contributed by atoms with E-state index in [9.17, 15) is 0 Å². The first-order valence-electron chi connectivity index (χ1n) is 5.27. The van der Waals surface area contributed by atoms with Gasteiger partial charge >= 0.3 is 0 Å². The summed E-state index contributed by atoms with van der Waals surface area (Å²) in [5.41, 5.74) is 1.11. The molecule has 0 spiro atoms. The van der Waals surface area contributed by atoms with E-state index in [1.807, 2.05) is 13.8 Å². The maximum atomic E-state index is 9.04. The monoisotopic (exact) mass is 222 g/mol. The molecule has 1 rings (SSSR count). The minimum Gasteiger partial charge on any atom is -0.246 e. The number of nitriles is 1. The second kappa shape index (κ2) is 4.32. The lowest BCUT2D eigenvalue weighted by Gasteiger charge is -2.13. The van der Waals surface area contributed by atoms with Gasteiger partial charge < -0.3 is 0 Å². The third kappa shape index (κ3) is 2.57. The van der Waals surface area contributed by atoms with Crippen molar-refractivity contribution in [2.45, 2.75) is 52.4 Å². The van der Waals surface area contributed by atoms with E-state index in [-0.39, 0.29) is 11.3 Å². The minimum absolute atomic E-state index is 0.0126. The predicted octanol–water partition coefficient (Wildman–Crippen LogP) is 3.77. The predicted molar refractivity (Wildman–Crippen MR) is 64.2 cm³/mol. The van der Waals surface area contributed by atoms with Crippen molar-refractivity contribution in [3.05, 3.63) is 15.6 Å². The van der Waals surface area contributed by atoms with Gasteiger partial charge in [0.15, 0.2) is 0 Å². The quantitative estimate of drug-likeness (QED) is 0.763. The van der Waals surface area contributed by atoms with Crippen LogP contribution in [0.15, 0.2) is 0 Å². The van der Waals surface area contributed by atoms with Crippen LogP contribution in [-0.2, 0) is 5.41 Å². The van der Waals surface area contributed by atoms with Gasteiger partial charge in [0.25, 0.3) is 0 Å². The first-order chi connectivity index (χ1) is 6.90. The van der Waals surface area contributed by atoms with E-state index in [2.05, 4.69) is 31.8 Å². The number of hydrogen-bond donors (Lipinski definition) is 0. The lowest BCUT2D eigenvalue weighted by molar-refractivity contribution is 0.584. The molecule has 82 valence electrons. The van der Waals surface area contributed by atoms with Crippen molar-refractivity contribution in [1.29, 1.82) is 5.26 Å². The Labute approximate surface area is 96.0 Å². The average molecular weight is 222 g/mol. The number of hydrogen-bond acceptors (Lipinski definition) is 3.